The standard InChI is InChI=1S/C15H19N3O2S/c1-20-12-5-3-2-4-11(12)17-14(21)18-7-6-15(10-18)8-13(19)16-9-15/h2-5H,6-10H2,1H3,(H,16,19)(H,17,21). The largest absolute Gasteiger partial charge is 0.495 e. The minimum atomic E-state index is 0.0591. The molecule has 0 aliphatic carbocycles. The van der Waals surface area contributed by atoms with Crippen molar-refractivity contribution in [3.63, 3.8) is 0 Å². The van der Waals surface area contributed by atoms with Gasteiger partial charge in [-0.05, 0) is 30.8 Å². The second kappa shape index (κ2) is 5.52. The number of likely N-dealkylation sites (tertiary alicyclic amines) is 1. The smallest absolute Gasteiger partial charge is 0.220 e. The van der Waals surface area contributed by atoms with Crippen LogP contribution in [0.15, 0.2) is 24.3 Å². The van der Waals surface area contributed by atoms with E-state index in [2.05, 4.69) is 15.5 Å². The van der Waals surface area contributed by atoms with E-state index in [9.17, 15) is 4.79 Å². The Kier molecular flexibility index (Phi) is 3.71. The number of carbonyl (C=O) groups is 1. The number of rotatable bonds is 2. The second-order valence-electron chi connectivity index (χ2n) is 5.76. The molecule has 2 saturated heterocycles. The Balaban J connectivity index is 1.66. The first-order valence-electron chi connectivity index (χ1n) is 7.08. The van der Waals surface area contributed by atoms with Crippen LogP contribution >= 0.6 is 12.2 Å². The summed E-state index contributed by atoms with van der Waals surface area (Å²) in [6, 6.07) is 7.71. The summed E-state index contributed by atoms with van der Waals surface area (Å²) in [4.78, 5) is 13.6. The zero-order valence-corrected chi connectivity index (χ0v) is 12.8. The summed E-state index contributed by atoms with van der Waals surface area (Å²) in [5, 5.41) is 6.87. The van der Waals surface area contributed by atoms with Gasteiger partial charge < -0.3 is 20.3 Å². The number of hydrogen-bond donors (Lipinski definition) is 2. The van der Waals surface area contributed by atoms with E-state index in [1.807, 2.05) is 24.3 Å². The fourth-order valence-electron chi connectivity index (χ4n) is 3.09. The number of carbonyl (C=O) groups excluding carboxylic acids is 1. The Morgan fingerprint density at radius 3 is 3.00 bits per heavy atom. The number of anilines is 1. The first-order valence-corrected chi connectivity index (χ1v) is 7.48. The Morgan fingerprint density at radius 1 is 1.48 bits per heavy atom. The lowest BCUT2D eigenvalue weighted by Gasteiger charge is -2.24. The van der Waals surface area contributed by atoms with Crippen LogP contribution < -0.4 is 15.4 Å². The molecule has 2 heterocycles. The van der Waals surface area contributed by atoms with Gasteiger partial charge in [-0.1, -0.05) is 12.1 Å². The van der Waals surface area contributed by atoms with Crippen molar-refractivity contribution < 1.29 is 9.53 Å². The van der Waals surface area contributed by atoms with Crippen molar-refractivity contribution in [2.45, 2.75) is 12.8 Å². The molecule has 0 radical (unpaired) electrons. The number of nitrogens with zero attached hydrogens (tertiary/aromatic N) is 1. The first kappa shape index (κ1) is 14.1. The third-order valence-electron chi connectivity index (χ3n) is 4.27. The van der Waals surface area contributed by atoms with Gasteiger partial charge in [0.1, 0.15) is 5.75 Å². The molecule has 2 fully saturated rings. The van der Waals surface area contributed by atoms with E-state index in [-0.39, 0.29) is 11.3 Å². The molecule has 21 heavy (non-hydrogen) atoms. The zero-order valence-electron chi connectivity index (χ0n) is 12.0. The molecule has 6 heteroatoms. The molecule has 1 spiro atoms. The fourth-order valence-corrected chi connectivity index (χ4v) is 3.36. The second-order valence-corrected chi connectivity index (χ2v) is 6.14. The maximum absolute atomic E-state index is 11.5. The number of ether oxygens (including phenoxy) is 1. The minimum absolute atomic E-state index is 0.0591. The van der Waals surface area contributed by atoms with E-state index in [0.29, 0.717) is 11.5 Å². The highest BCUT2D eigenvalue weighted by molar-refractivity contribution is 7.80. The number of nitrogens with one attached hydrogen (secondary N) is 2. The van der Waals surface area contributed by atoms with Crippen LogP contribution in [0.1, 0.15) is 12.8 Å². The number of benzene rings is 1. The summed E-state index contributed by atoms with van der Waals surface area (Å²) in [6.07, 6.45) is 1.61. The third kappa shape index (κ3) is 2.81. The van der Waals surface area contributed by atoms with Gasteiger partial charge in [-0.2, -0.15) is 0 Å². The molecule has 0 saturated carbocycles. The van der Waals surface area contributed by atoms with Crippen molar-refractivity contribution in [3.05, 3.63) is 24.3 Å². The molecule has 1 aromatic rings. The van der Waals surface area contributed by atoms with Gasteiger partial charge in [0.15, 0.2) is 5.11 Å². The summed E-state index contributed by atoms with van der Waals surface area (Å²) in [6.45, 7) is 2.47. The summed E-state index contributed by atoms with van der Waals surface area (Å²) < 4.78 is 5.32. The van der Waals surface area contributed by atoms with E-state index in [4.69, 9.17) is 17.0 Å². The van der Waals surface area contributed by atoms with Crippen LogP contribution in [-0.2, 0) is 4.79 Å². The SMILES string of the molecule is COc1ccccc1NC(=S)N1CCC2(CNC(=O)C2)C1. The molecule has 2 aliphatic heterocycles. The monoisotopic (exact) mass is 305 g/mol. The predicted octanol–water partition coefficient (Wildman–Crippen LogP) is 1.60. The Hall–Kier alpha value is -1.82. The average Bonchev–Trinajstić information content (AvgIpc) is 3.06. The summed E-state index contributed by atoms with van der Waals surface area (Å²) >= 11 is 5.51. The van der Waals surface area contributed by atoms with E-state index in [0.717, 1.165) is 37.5 Å². The van der Waals surface area contributed by atoms with Crippen molar-refractivity contribution >= 4 is 28.9 Å². The molecule has 1 aromatic carbocycles. The third-order valence-corrected chi connectivity index (χ3v) is 4.63. The molecule has 2 aliphatic rings. The predicted molar refractivity (Wildman–Crippen MR) is 85.5 cm³/mol. The number of methoxy groups -OCH3 is 1. The van der Waals surface area contributed by atoms with Crippen LogP contribution in [0.2, 0.25) is 0 Å². The van der Waals surface area contributed by atoms with Crippen molar-refractivity contribution in [1.29, 1.82) is 0 Å². The Labute approximate surface area is 129 Å². The lowest BCUT2D eigenvalue weighted by molar-refractivity contribution is -0.119. The molecule has 2 N–H and O–H groups in total. The van der Waals surface area contributed by atoms with Crippen molar-refractivity contribution in [2.75, 3.05) is 32.1 Å². The van der Waals surface area contributed by atoms with Gasteiger partial charge in [0, 0.05) is 31.5 Å². The van der Waals surface area contributed by atoms with Crippen LogP contribution in [0.4, 0.5) is 5.69 Å². The number of amides is 1. The first-order chi connectivity index (χ1) is 10.1. The normalized spacial score (nSPS) is 24.2. The van der Waals surface area contributed by atoms with Crippen LogP contribution in [-0.4, -0.2) is 42.7 Å². The summed E-state index contributed by atoms with van der Waals surface area (Å²) in [5.74, 6) is 0.923. The maximum Gasteiger partial charge on any atom is 0.220 e. The van der Waals surface area contributed by atoms with Crippen molar-refractivity contribution in [3.8, 4) is 5.75 Å². The van der Waals surface area contributed by atoms with Crippen molar-refractivity contribution in [2.24, 2.45) is 5.41 Å². The Bertz CT molecular complexity index is 578. The highest BCUT2D eigenvalue weighted by Crippen LogP contribution is 2.37. The number of hydrogen-bond acceptors (Lipinski definition) is 3. The molecule has 1 atom stereocenters. The fraction of sp³-hybridized carbons (Fsp3) is 0.467. The molecular weight excluding hydrogens is 286 g/mol. The van der Waals surface area contributed by atoms with Crippen LogP contribution in [0.5, 0.6) is 5.75 Å². The van der Waals surface area contributed by atoms with E-state index in [1.54, 1.807) is 7.11 Å². The summed E-state index contributed by atoms with van der Waals surface area (Å²) in [5.41, 5.74) is 0.926. The van der Waals surface area contributed by atoms with Gasteiger partial charge in [-0.15, -0.1) is 0 Å². The highest BCUT2D eigenvalue weighted by atomic mass is 32.1. The molecule has 1 unspecified atom stereocenters. The van der Waals surface area contributed by atoms with Gasteiger partial charge in [0.25, 0.3) is 0 Å². The van der Waals surface area contributed by atoms with E-state index >= 15 is 0 Å². The van der Waals surface area contributed by atoms with Gasteiger partial charge >= 0.3 is 0 Å². The minimum Gasteiger partial charge on any atom is -0.495 e. The molecular formula is C15H19N3O2S. The average molecular weight is 305 g/mol. The quantitative estimate of drug-likeness (QED) is 0.813. The van der Waals surface area contributed by atoms with Gasteiger partial charge in [-0.25, -0.2) is 0 Å². The number of thiocarbonyl (C=S) groups is 1. The molecule has 112 valence electrons. The topological polar surface area (TPSA) is 53.6 Å². The molecule has 1 amide bonds. The van der Waals surface area contributed by atoms with Gasteiger partial charge in [0.2, 0.25) is 5.91 Å². The molecule has 3 rings (SSSR count). The van der Waals surface area contributed by atoms with Crippen LogP contribution in [0.3, 0.4) is 0 Å². The van der Waals surface area contributed by atoms with Crippen LogP contribution in [0.25, 0.3) is 0 Å². The Morgan fingerprint density at radius 2 is 2.29 bits per heavy atom. The molecule has 5 nitrogen and oxygen atoms in total. The molecule has 0 aromatic heterocycles. The lowest BCUT2D eigenvalue weighted by atomic mass is 9.86. The van der Waals surface area contributed by atoms with Crippen LogP contribution in [0, 0.1) is 5.41 Å². The van der Waals surface area contributed by atoms with Gasteiger partial charge in [0.05, 0.1) is 12.8 Å². The van der Waals surface area contributed by atoms with Gasteiger partial charge in [-0.3, -0.25) is 4.79 Å². The lowest BCUT2D eigenvalue weighted by Crippen LogP contribution is -2.36. The van der Waals surface area contributed by atoms with E-state index < -0.39 is 0 Å². The molecule has 0 bridgehead atoms. The maximum atomic E-state index is 11.5. The summed E-state index contributed by atoms with van der Waals surface area (Å²) in [7, 11) is 1.64. The highest BCUT2D eigenvalue weighted by Gasteiger charge is 2.44. The zero-order chi connectivity index (χ0) is 14.9. The van der Waals surface area contributed by atoms with E-state index in [1.165, 1.54) is 0 Å². The van der Waals surface area contributed by atoms with Crippen molar-refractivity contribution in [1.82, 2.24) is 10.2 Å². The number of para-hydroxylation sites is 2.